The molecule has 0 saturated heterocycles. The average molecular weight is 254 g/mol. The van der Waals surface area contributed by atoms with E-state index in [1.807, 2.05) is 37.3 Å². The van der Waals surface area contributed by atoms with Gasteiger partial charge in [-0.2, -0.15) is 5.10 Å². The largest absolute Gasteiger partial charge is 0.478 e. The lowest BCUT2D eigenvalue weighted by atomic mass is 10.1. The summed E-state index contributed by atoms with van der Waals surface area (Å²) in [5.74, 6) is -0.935. The highest BCUT2D eigenvalue weighted by atomic mass is 16.4. The summed E-state index contributed by atoms with van der Waals surface area (Å²) < 4.78 is 0. The third kappa shape index (κ3) is 3.42. The molecule has 0 amide bonds. The van der Waals surface area contributed by atoms with Gasteiger partial charge < -0.3 is 5.11 Å². The first-order valence-electron chi connectivity index (χ1n) is 5.86. The summed E-state index contributed by atoms with van der Waals surface area (Å²) in [5, 5.41) is 13.1. The number of nitrogens with zero attached hydrogens (tertiary/aromatic N) is 1. The molecule has 96 valence electrons. The van der Waals surface area contributed by atoms with E-state index in [-0.39, 0.29) is 5.56 Å². The molecule has 0 heterocycles. The fourth-order valence-electron chi connectivity index (χ4n) is 1.58. The quantitative estimate of drug-likeness (QED) is 0.650. The van der Waals surface area contributed by atoms with Crippen LogP contribution in [0.4, 0.5) is 5.69 Å². The second-order valence-corrected chi connectivity index (χ2v) is 4.06. The molecule has 0 aromatic heterocycles. The maximum absolute atomic E-state index is 10.7. The van der Waals surface area contributed by atoms with Crippen molar-refractivity contribution in [3.8, 4) is 0 Å². The number of hydrazone groups is 1. The van der Waals surface area contributed by atoms with Crippen molar-refractivity contribution < 1.29 is 9.90 Å². The summed E-state index contributed by atoms with van der Waals surface area (Å²) in [7, 11) is 0. The molecule has 0 saturated carbocycles. The number of aromatic carboxylic acids is 1. The first-order valence-corrected chi connectivity index (χ1v) is 5.86. The maximum Gasteiger partial charge on any atom is 0.335 e. The Balaban J connectivity index is 2.08. The number of nitrogens with one attached hydrogen (secondary N) is 1. The first-order chi connectivity index (χ1) is 9.16. The van der Waals surface area contributed by atoms with Crippen LogP contribution in [-0.2, 0) is 0 Å². The van der Waals surface area contributed by atoms with Gasteiger partial charge in [0.15, 0.2) is 0 Å². The lowest BCUT2D eigenvalue weighted by molar-refractivity contribution is 0.0697. The maximum atomic E-state index is 10.7. The topological polar surface area (TPSA) is 61.7 Å². The van der Waals surface area contributed by atoms with Crippen molar-refractivity contribution in [1.82, 2.24) is 0 Å². The van der Waals surface area contributed by atoms with E-state index in [1.165, 1.54) is 12.1 Å². The third-order valence-electron chi connectivity index (χ3n) is 2.68. The molecule has 19 heavy (non-hydrogen) atoms. The SMILES string of the molecule is CC(=NNc1ccc(C(=O)O)cc1)c1ccccc1. The van der Waals surface area contributed by atoms with Gasteiger partial charge in [0.2, 0.25) is 0 Å². The molecule has 0 radical (unpaired) electrons. The molecule has 0 bridgehead atoms. The molecule has 0 aliphatic heterocycles. The van der Waals surface area contributed by atoms with Gasteiger partial charge in [0.25, 0.3) is 0 Å². The Labute approximate surface area is 111 Å². The number of carboxylic acid groups (broad SMARTS) is 1. The van der Waals surface area contributed by atoms with Gasteiger partial charge in [-0.25, -0.2) is 4.79 Å². The molecule has 2 aromatic carbocycles. The Bertz CT molecular complexity index is 589. The monoisotopic (exact) mass is 254 g/mol. The van der Waals surface area contributed by atoms with Crippen LogP contribution < -0.4 is 5.43 Å². The molecule has 0 unspecified atom stereocenters. The fourth-order valence-corrected chi connectivity index (χ4v) is 1.58. The first kappa shape index (κ1) is 12.8. The highest BCUT2D eigenvalue weighted by Crippen LogP contribution is 2.10. The Morgan fingerprint density at radius 2 is 1.63 bits per heavy atom. The number of hydrogen-bond acceptors (Lipinski definition) is 3. The van der Waals surface area contributed by atoms with Gasteiger partial charge in [-0.1, -0.05) is 30.3 Å². The van der Waals surface area contributed by atoms with Crippen molar-refractivity contribution in [2.75, 3.05) is 5.43 Å². The number of carbonyl (C=O) groups is 1. The number of carboxylic acids is 1. The lowest BCUT2D eigenvalue weighted by Crippen LogP contribution is -2.00. The van der Waals surface area contributed by atoms with Crippen LogP contribution in [0.1, 0.15) is 22.8 Å². The van der Waals surface area contributed by atoms with Crippen LogP contribution in [0.15, 0.2) is 59.7 Å². The van der Waals surface area contributed by atoms with Crippen LogP contribution >= 0.6 is 0 Å². The smallest absolute Gasteiger partial charge is 0.335 e. The molecule has 2 rings (SSSR count). The Hall–Kier alpha value is -2.62. The zero-order valence-electron chi connectivity index (χ0n) is 10.5. The van der Waals surface area contributed by atoms with Crippen LogP contribution in [0.2, 0.25) is 0 Å². The van der Waals surface area contributed by atoms with Crippen LogP contribution in [0.5, 0.6) is 0 Å². The Morgan fingerprint density at radius 1 is 1.00 bits per heavy atom. The van der Waals surface area contributed by atoms with Crippen molar-refractivity contribution in [3.05, 3.63) is 65.7 Å². The van der Waals surface area contributed by atoms with Crippen LogP contribution in [0.3, 0.4) is 0 Å². The van der Waals surface area contributed by atoms with E-state index in [2.05, 4.69) is 10.5 Å². The summed E-state index contributed by atoms with van der Waals surface area (Å²) >= 11 is 0. The summed E-state index contributed by atoms with van der Waals surface area (Å²) in [6.45, 7) is 1.91. The molecule has 0 fully saturated rings. The van der Waals surface area contributed by atoms with E-state index >= 15 is 0 Å². The molecule has 0 aliphatic rings. The fraction of sp³-hybridized carbons (Fsp3) is 0.0667. The van der Waals surface area contributed by atoms with E-state index < -0.39 is 5.97 Å². The zero-order chi connectivity index (χ0) is 13.7. The summed E-state index contributed by atoms with van der Waals surface area (Å²) in [6.07, 6.45) is 0. The molecule has 4 heteroatoms. The molecular weight excluding hydrogens is 240 g/mol. The normalized spacial score (nSPS) is 11.1. The molecule has 2 aromatic rings. The second kappa shape index (κ2) is 5.82. The number of rotatable bonds is 4. The molecule has 0 spiro atoms. The van der Waals surface area contributed by atoms with Crippen molar-refractivity contribution >= 4 is 17.4 Å². The molecule has 2 N–H and O–H groups in total. The lowest BCUT2D eigenvalue weighted by Gasteiger charge is -2.04. The highest BCUT2D eigenvalue weighted by molar-refractivity contribution is 5.99. The molecule has 4 nitrogen and oxygen atoms in total. The minimum absolute atomic E-state index is 0.259. The summed E-state index contributed by atoms with van der Waals surface area (Å²) in [5.41, 5.74) is 5.82. The van der Waals surface area contributed by atoms with E-state index in [9.17, 15) is 4.79 Å². The van der Waals surface area contributed by atoms with Gasteiger partial charge in [0.1, 0.15) is 0 Å². The minimum atomic E-state index is -0.935. The van der Waals surface area contributed by atoms with Gasteiger partial charge in [-0.05, 0) is 36.8 Å². The molecule has 0 aliphatic carbocycles. The standard InChI is InChI=1S/C15H14N2O2/c1-11(12-5-3-2-4-6-12)16-17-14-9-7-13(8-10-14)15(18)19/h2-10,17H,1H3,(H,18,19). The average Bonchev–Trinajstić information content (AvgIpc) is 2.46. The molecular formula is C15H14N2O2. The third-order valence-corrected chi connectivity index (χ3v) is 2.68. The van der Waals surface area contributed by atoms with Gasteiger partial charge >= 0.3 is 5.97 Å². The van der Waals surface area contributed by atoms with E-state index in [0.29, 0.717) is 0 Å². The number of hydrogen-bond donors (Lipinski definition) is 2. The molecule has 0 atom stereocenters. The van der Waals surface area contributed by atoms with E-state index in [4.69, 9.17) is 5.11 Å². The number of anilines is 1. The van der Waals surface area contributed by atoms with Crippen molar-refractivity contribution in [2.45, 2.75) is 6.92 Å². The van der Waals surface area contributed by atoms with Gasteiger partial charge in [0, 0.05) is 0 Å². The Morgan fingerprint density at radius 3 is 2.21 bits per heavy atom. The van der Waals surface area contributed by atoms with Crippen LogP contribution in [0, 0.1) is 0 Å². The summed E-state index contributed by atoms with van der Waals surface area (Å²) in [4.78, 5) is 10.7. The van der Waals surface area contributed by atoms with Crippen LogP contribution in [-0.4, -0.2) is 16.8 Å². The van der Waals surface area contributed by atoms with E-state index in [1.54, 1.807) is 12.1 Å². The second-order valence-electron chi connectivity index (χ2n) is 4.06. The van der Waals surface area contributed by atoms with Gasteiger partial charge in [-0.15, -0.1) is 0 Å². The number of benzene rings is 2. The minimum Gasteiger partial charge on any atom is -0.478 e. The van der Waals surface area contributed by atoms with Gasteiger partial charge in [0.05, 0.1) is 17.0 Å². The predicted octanol–water partition coefficient (Wildman–Crippen LogP) is 3.22. The van der Waals surface area contributed by atoms with Crippen molar-refractivity contribution in [2.24, 2.45) is 5.10 Å². The predicted molar refractivity (Wildman–Crippen MR) is 75.7 cm³/mol. The van der Waals surface area contributed by atoms with Crippen LogP contribution in [0.25, 0.3) is 0 Å². The van der Waals surface area contributed by atoms with Crippen molar-refractivity contribution in [1.29, 1.82) is 0 Å². The Kier molecular flexibility index (Phi) is 3.93. The highest BCUT2D eigenvalue weighted by Gasteiger charge is 2.01. The van der Waals surface area contributed by atoms with Crippen molar-refractivity contribution in [3.63, 3.8) is 0 Å². The van der Waals surface area contributed by atoms with Gasteiger partial charge in [-0.3, -0.25) is 5.43 Å². The summed E-state index contributed by atoms with van der Waals surface area (Å²) in [6, 6.07) is 16.3. The van der Waals surface area contributed by atoms with E-state index in [0.717, 1.165) is 17.0 Å². The zero-order valence-corrected chi connectivity index (χ0v) is 10.5.